The quantitative estimate of drug-likeness (QED) is 0.205. The van der Waals surface area contributed by atoms with Gasteiger partial charge in [0.05, 0.1) is 6.61 Å². The van der Waals surface area contributed by atoms with Gasteiger partial charge >= 0.3 is 0 Å². The Hall–Kier alpha value is -3.68. The predicted octanol–water partition coefficient (Wildman–Crippen LogP) is 7.35. The Labute approximate surface area is 199 Å². The van der Waals surface area contributed by atoms with Gasteiger partial charge in [-0.15, -0.1) is 6.58 Å². The molecule has 1 heteroatoms. The van der Waals surface area contributed by atoms with Gasteiger partial charge < -0.3 is 4.74 Å². The lowest BCUT2D eigenvalue weighted by molar-refractivity contribution is 0.312. The van der Waals surface area contributed by atoms with Crippen LogP contribution in [0, 0.1) is 23.7 Å². The van der Waals surface area contributed by atoms with Crippen LogP contribution in [-0.4, -0.2) is 6.61 Å². The Morgan fingerprint density at radius 2 is 1.42 bits per heavy atom. The molecule has 0 radical (unpaired) electrons. The molecule has 3 aromatic rings. The maximum Gasteiger partial charge on any atom is 0.119 e. The lowest BCUT2D eigenvalue weighted by atomic mass is 10.0. The summed E-state index contributed by atoms with van der Waals surface area (Å²) in [4.78, 5) is 0. The third-order valence-corrected chi connectivity index (χ3v) is 5.35. The van der Waals surface area contributed by atoms with Crippen LogP contribution in [-0.2, 0) is 12.8 Å². The Morgan fingerprint density at radius 3 is 2.09 bits per heavy atom. The molecule has 0 unspecified atom stereocenters. The molecule has 0 saturated heterocycles. The fraction of sp³-hybridized carbons (Fsp3) is 0.250. The zero-order chi connectivity index (χ0) is 23.3. The van der Waals surface area contributed by atoms with Crippen LogP contribution in [0.1, 0.15) is 66.5 Å². The van der Waals surface area contributed by atoms with Gasteiger partial charge in [-0.25, -0.2) is 0 Å². The minimum absolute atomic E-state index is 0.705. The normalized spacial score (nSPS) is 9.88. The standard InChI is InChI=1S/C32H32O/c1-4-7-8-24-33-32-22-18-28(19-23-32)14-15-29-17-21-31(30(6-3)25-29)20-16-27-12-10-26(9-5-2)11-13-27/h4,10-13,17-19,21-23,25H,1,5-9,24H2,2-3H3. The molecule has 0 atom stereocenters. The van der Waals surface area contributed by atoms with Gasteiger partial charge in [-0.1, -0.05) is 62.2 Å². The van der Waals surface area contributed by atoms with Crippen LogP contribution in [0.4, 0.5) is 0 Å². The highest BCUT2D eigenvalue weighted by molar-refractivity contribution is 5.52. The second kappa shape index (κ2) is 13.0. The van der Waals surface area contributed by atoms with Crippen LogP contribution in [0.3, 0.4) is 0 Å². The molecule has 33 heavy (non-hydrogen) atoms. The molecule has 1 nitrogen and oxygen atoms in total. The van der Waals surface area contributed by atoms with Crippen molar-refractivity contribution in [3.05, 3.63) is 113 Å². The lowest BCUT2D eigenvalue weighted by Crippen LogP contribution is -1.96. The van der Waals surface area contributed by atoms with Gasteiger partial charge in [0, 0.05) is 22.3 Å². The molecular formula is C32H32O. The topological polar surface area (TPSA) is 9.23 Å². The van der Waals surface area contributed by atoms with Crippen molar-refractivity contribution in [2.75, 3.05) is 6.61 Å². The maximum absolute atomic E-state index is 5.73. The number of benzene rings is 3. The molecule has 166 valence electrons. The van der Waals surface area contributed by atoms with Crippen LogP contribution in [0.25, 0.3) is 0 Å². The van der Waals surface area contributed by atoms with E-state index in [-0.39, 0.29) is 0 Å². The van der Waals surface area contributed by atoms with Crippen LogP contribution < -0.4 is 4.74 Å². The first-order valence-electron chi connectivity index (χ1n) is 11.8. The first-order chi connectivity index (χ1) is 16.2. The van der Waals surface area contributed by atoms with Gasteiger partial charge in [-0.05, 0) is 91.4 Å². The Morgan fingerprint density at radius 1 is 0.788 bits per heavy atom. The highest BCUT2D eigenvalue weighted by Gasteiger charge is 2.00. The summed E-state index contributed by atoms with van der Waals surface area (Å²) in [7, 11) is 0. The highest BCUT2D eigenvalue weighted by atomic mass is 16.5. The van der Waals surface area contributed by atoms with E-state index in [0.29, 0.717) is 6.61 Å². The average Bonchev–Trinajstić information content (AvgIpc) is 2.86. The van der Waals surface area contributed by atoms with Crippen molar-refractivity contribution in [1.29, 1.82) is 0 Å². The summed E-state index contributed by atoms with van der Waals surface area (Å²) in [5, 5.41) is 0. The number of unbranched alkanes of at least 4 members (excludes halogenated alkanes) is 1. The van der Waals surface area contributed by atoms with E-state index in [1.165, 1.54) is 11.1 Å². The monoisotopic (exact) mass is 432 g/mol. The van der Waals surface area contributed by atoms with Crippen LogP contribution in [0.2, 0.25) is 0 Å². The number of ether oxygens (including phenoxy) is 1. The number of aryl methyl sites for hydroxylation is 2. The van der Waals surface area contributed by atoms with Gasteiger partial charge in [0.1, 0.15) is 5.75 Å². The molecular weight excluding hydrogens is 400 g/mol. The highest BCUT2D eigenvalue weighted by Crippen LogP contribution is 2.14. The van der Waals surface area contributed by atoms with Crippen molar-refractivity contribution in [2.45, 2.75) is 46.0 Å². The zero-order valence-electron chi connectivity index (χ0n) is 19.8. The fourth-order valence-corrected chi connectivity index (χ4v) is 3.47. The molecule has 0 spiro atoms. The van der Waals surface area contributed by atoms with E-state index < -0.39 is 0 Å². The Balaban J connectivity index is 1.67. The number of hydrogen-bond acceptors (Lipinski definition) is 1. The third-order valence-electron chi connectivity index (χ3n) is 5.35. The number of hydrogen-bond donors (Lipinski definition) is 0. The smallest absolute Gasteiger partial charge is 0.119 e. The lowest BCUT2D eigenvalue weighted by Gasteiger charge is -2.04. The number of allylic oxidation sites excluding steroid dienone is 1. The van der Waals surface area contributed by atoms with Crippen LogP contribution in [0.15, 0.2) is 79.4 Å². The van der Waals surface area contributed by atoms with E-state index in [1.54, 1.807) is 0 Å². The van der Waals surface area contributed by atoms with Gasteiger partial charge in [0.15, 0.2) is 0 Å². The summed E-state index contributed by atoms with van der Waals surface area (Å²) in [6.45, 7) is 8.79. The fourth-order valence-electron chi connectivity index (χ4n) is 3.47. The van der Waals surface area contributed by atoms with Gasteiger partial charge in [-0.2, -0.15) is 0 Å². The minimum Gasteiger partial charge on any atom is -0.494 e. The van der Waals surface area contributed by atoms with Crippen molar-refractivity contribution < 1.29 is 4.74 Å². The zero-order valence-corrected chi connectivity index (χ0v) is 19.8. The molecule has 0 aliphatic carbocycles. The maximum atomic E-state index is 5.73. The molecule has 0 aliphatic rings. The summed E-state index contributed by atoms with van der Waals surface area (Å²) in [6, 6.07) is 22.8. The Bertz CT molecular complexity index is 1160. The molecule has 3 rings (SSSR count). The van der Waals surface area contributed by atoms with Crippen molar-refractivity contribution in [2.24, 2.45) is 0 Å². The summed E-state index contributed by atoms with van der Waals surface area (Å²) >= 11 is 0. The summed E-state index contributed by atoms with van der Waals surface area (Å²) < 4.78 is 5.73. The van der Waals surface area contributed by atoms with E-state index >= 15 is 0 Å². The molecule has 0 saturated carbocycles. The Kier molecular flexibility index (Phi) is 9.45. The average molecular weight is 433 g/mol. The first kappa shape index (κ1) is 24.0. The van der Waals surface area contributed by atoms with E-state index in [4.69, 9.17) is 4.74 Å². The van der Waals surface area contributed by atoms with Crippen molar-refractivity contribution >= 4 is 0 Å². The predicted molar refractivity (Wildman–Crippen MR) is 140 cm³/mol. The molecule has 0 N–H and O–H groups in total. The van der Waals surface area contributed by atoms with E-state index in [9.17, 15) is 0 Å². The van der Waals surface area contributed by atoms with Gasteiger partial charge in [-0.3, -0.25) is 0 Å². The summed E-state index contributed by atoms with van der Waals surface area (Å²) in [6.07, 6.45) is 7.07. The molecule has 0 fully saturated rings. The molecule has 0 amide bonds. The second-order valence-corrected chi connectivity index (χ2v) is 7.98. The van der Waals surface area contributed by atoms with E-state index in [1.807, 2.05) is 30.3 Å². The SMILES string of the molecule is C=CCCCOc1ccc(C#Cc2ccc(C#Cc3ccc(CCC)cc3)c(CC)c2)cc1. The number of rotatable bonds is 8. The van der Waals surface area contributed by atoms with Gasteiger partial charge in [0.2, 0.25) is 0 Å². The molecule has 0 bridgehead atoms. The summed E-state index contributed by atoms with van der Waals surface area (Å²) in [5.41, 5.74) is 6.69. The van der Waals surface area contributed by atoms with E-state index in [2.05, 4.69) is 86.6 Å². The third kappa shape index (κ3) is 7.75. The first-order valence-corrected chi connectivity index (χ1v) is 11.8. The van der Waals surface area contributed by atoms with Gasteiger partial charge in [0.25, 0.3) is 0 Å². The van der Waals surface area contributed by atoms with Crippen LogP contribution in [0.5, 0.6) is 5.75 Å². The van der Waals surface area contributed by atoms with Crippen molar-refractivity contribution in [1.82, 2.24) is 0 Å². The molecule has 0 aromatic heterocycles. The van der Waals surface area contributed by atoms with E-state index in [0.717, 1.165) is 60.1 Å². The summed E-state index contributed by atoms with van der Waals surface area (Å²) in [5.74, 6) is 14.1. The van der Waals surface area contributed by atoms with Crippen LogP contribution >= 0.6 is 0 Å². The van der Waals surface area contributed by atoms with Crippen molar-refractivity contribution in [3.63, 3.8) is 0 Å². The molecule has 3 aromatic carbocycles. The largest absolute Gasteiger partial charge is 0.494 e. The molecule has 0 heterocycles. The molecule has 0 aliphatic heterocycles. The van der Waals surface area contributed by atoms with Crippen molar-refractivity contribution in [3.8, 4) is 29.4 Å². The minimum atomic E-state index is 0.705. The second-order valence-electron chi connectivity index (χ2n) is 7.98.